The summed E-state index contributed by atoms with van der Waals surface area (Å²) in [6.07, 6.45) is 0. The summed E-state index contributed by atoms with van der Waals surface area (Å²) >= 11 is 8.46. The smallest absolute Gasteiger partial charge is 0.0998 e. The number of hydrogen-bond donors (Lipinski definition) is 2. The van der Waals surface area contributed by atoms with Crippen LogP contribution in [0.25, 0.3) is 11.1 Å². The van der Waals surface area contributed by atoms with Crippen LogP contribution in [0, 0.1) is 11.3 Å². The Bertz CT molecular complexity index is 582. The molecule has 0 N–H and O–H groups in total. The quantitative estimate of drug-likeness (QED) is 0.807. The van der Waals surface area contributed by atoms with E-state index in [4.69, 9.17) is 0 Å². The SMILES string of the molecule is N#Cc1cc(CS)ccc1-c1ccc(CS)cc1. The van der Waals surface area contributed by atoms with Gasteiger partial charge >= 0.3 is 0 Å². The molecule has 0 aliphatic carbocycles. The molecule has 2 rings (SSSR count). The van der Waals surface area contributed by atoms with Crippen molar-refractivity contribution < 1.29 is 0 Å². The molecule has 0 saturated carbocycles. The lowest BCUT2D eigenvalue weighted by molar-refractivity contribution is 1.38. The maximum Gasteiger partial charge on any atom is 0.0998 e. The fraction of sp³-hybridized carbons (Fsp3) is 0.133. The van der Waals surface area contributed by atoms with Crippen LogP contribution in [0.4, 0.5) is 0 Å². The van der Waals surface area contributed by atoms with Crippen LogP contribution in [0.1, 0.15) is 16.7 Å². The Hall–Kier alpha value is -1.37. The van der Waals surface area contributed by atoms with Gasteiger partial charge < -0.3 is 0 Å². The van der Waals surface area contributed by atoms with Crippen molar-refractivity contribution in [3.8, 4) is 17.2 Å². The van der Waals surface area contributed by atoms with Crippen molar-refractivity contribution in [2.45, 2.75) is 11.5 Å². The predicted molar refractivity (Wildman–Crippen MR) is 82.0 cm³/mol. The van der Waals surface area contributed by atoms with E-state index in [0.29, 0.717) is 11.3 Å². The van der Waals surface area contributed by atoms with E-state index in [-0.39, 0.29) is 0 Å². The minimum atomic E-state index is 0.646. The van der Waals surface area contributed by atoms with E-state index in [1.54, 1.807) is 0 Å². The van der Waals surface area contributed by atoms with E-state index in [1.165, 1.54) is 5.56 Å². The molecule has 0 unspecified atom stereocenters. The monoisotopic (exact) mass is 271 g/mol. The first-order chi connectivity index (χ1) is 8.78. The molecule has 0 saturated heterocycles. The van der Waals surface area contributed by atoms with Gasteiger partial charge in [0.15, 0.2) is 0 Å². The van der Waals surface area contributed by atoms with Gasteiger partial charge in [-0.1, -0.05) is 36.4 Å². The fourth-order valence-electron chi connectivity index (χ4n) is 1.82. The molecule has 0 atom stereocenters. The Morgan fingerprint density at radius 3 is 2.06 bits per heavy atom. The third-order valence-corrected chi connectivity index (χ3v) is 3.56. The van der Waals surface area contributed by atoms with Gasteiger partial charge in [-0.25, -0.2) is 0 Å². The molecular formula is C15H13NS2. The second kappa shape index (κ2) is 5.99. The first-order valence-electron chi connectivity index (χ1n) is 5.62. The van der Waals surface area contributed by atoms with Gasteiger partial charge in [0.05, 0.1) is 11.6 Å². The van der Waals surface area contributed by atoms with Crippen LogP contribution in [0.15, 0.2) is 42.5 Å². The number of nitriles is 1. The molecule has 2 aromatic rings. The van der Waals surface area contributed by atoms with Gasteiger partial charge in [0, 0.05) is 11.5 Å². The zero-order valence-corrected chi connectivity index (χ0v) is 11.6. The molecule has 90 valence electrons. The van der Waals surface area contributed by atoms with E-state index in [2.05, 4.69) is 31.3 Å². The molecule has 0 fully saturated rings. The van der Waals surface area contributed by atoms with Crippen molar-refractivity contribution in [1.29, 1.82) is 5.26 Å². The summed E-state index contributed by atoms with van der Waals surface area (Å²) in [4.78, 5) is 0. The summed E-state index contributed by atoms with van der Waals surface area (Å²) in [7, 11) is 0. The lowest BCUT2D eigenvalue weighted by Gasteiger charge is -2.07. The Kier molecular flexibility index (Phi) is 4.35. The zero-order valence-electron chi connectivity index (χ0n) is 9.80. The molecule has 0 aromatic heterocycles. The summed E-state index contributed by atoms with van der Waals surface area (Å²) in [5, 5.41) is 9.21. The molecule has 0 spiro atoms. The lowest BCUT2D eigenvalue weighted by atomic mass is 9.98. The van der Waals surface area contributed by atoms with Gasteiger partial charge in [0.1, 0.15) is 0 Å². The fourth-order valence-corrected chi connectivity index (χ4v) is 2.23. The summed E-state index contributed by atoms with van der Waals surface area (Å²) in [5.41, 5.74) is 4.95. The molecule has 0 aliphatic heterocycles. The Balaban J connectivity index is 2.46. The van der Waals surface area contributed by atoms with Crippen LogP contribution in [0.5, 0.6) is 0 Å². The number of hydrogen-bond acceptors (Lipinski definition) is 3. The summed E-state index contributed by atoms with van der Waals surface area (Å²) < 4.78 is 0. The molecule has 0 bridgehead atoms. The van der Waals surface area contributed by atoms with Crippen LogP contribution < -0.4 is 0 Å². The van der Waals surface area contributed by atoms with E-state index in [9.17, 15) is 5.26 Å². The van der Waals surface area contributed by atoms with Gasteiger partial charge in [-0.05, 0) is 28.3 Å². The third kappa shape index (κ3) is 2.72. The number of thiol groups is 2. The van der Waals surface area contributed by atoms with Crippen molar-refractivity contribution in [3.05, 3.63) is 59.2 Å². The van der Waals surface area contributed by atoms with Crippen LogP contribution in [-0.2, 0) is 11.5 Å². The van der Waals surface area contributed by atoms with Crippen LogP contribution in [-0.4, -0.2) is 0 Å². The molecular weight excluding hydrogens is 258 g/mol. The van der Waals surface area contributed by atoms with Crippen molar-refractivity contribution in [2.75, 3.05) is 0 Å². The van der Waals surface area contributed by atoms with Crippen LogP contribution in [0.2, 0.25) is 0 Å². The topological polar surface area (TPSA) is 23.8 Å². The molecule has 18 heavy (non-hydrogen) atoms. The summed E-state index contributed by atoms with van der Waals surface area (Å²) in [6.45, 7) is 0. The normalized spacial score (nSPS) is 10.1. The minimum absolute atomic E-state index is 0.646. The predicted octanol–water partition coefficient (Wildman–Crippen LogP) is 4.08. The average Bonchev–Trinajstić information content (AvgIpc) is 2.46. The Labute approximate surface area is 118 Å². The van der Waals surface area contributed by atoms with E-state index in [1.807, 2.05) is 42.5 Å². The van der Waals surface area contributed by atoms with Gasteiger partial charge in [-0.15, -0.1) is 0 Å². The van der Waals surface area contributed by atoms with Crippen molar-refractivity contribution in [1.82, 2.24) is 0 Å². The average molecular weight is 271 g/mol. The standard InChI is InChI=1S/C15H13NS2/c16-8-14-7-12(10-18)3-6-15(14)13-4-1-11(9-17)2-5-13/h1-7,17-18H,9-10H2. The highest BCUT2D eigenvalue weighted by atomic mass is 32.1. The molecule has 3 heteroatoms. The number of rotatable bonds is 3. The number of nitrogens with zero attached hydrogens (tertiary/aromatic N) is 1. The Morgan fingerprint density at radius 1 is 0.889 bits per heavy atom. The number of benzene rings is 2. The molecule has 0 heterocycles. The largest absolute Gasteiger partial charge is 0.192 e. The van der Waals surface area contributed by atoms with Crippen molar-refractivity contribution in [2.24, 2.45) is 0 Å². The first-order valence-corrected chi connectivity index (χ1v) is 6.89. The van der Waals surface area contributed by atoms with Gasteiger partial charge in [-0.3, -0.25) is 0 Å². The van der Waals surface area contributed by atoms with Gasteiger partial charge in [-0.2, -0.15) is 30.5 Å². The van der Waals surface area contributed by atoms with E-state index >= 15 is 0 Å². The van der Waals surface area contributed by atoms with E-state index in [0.717, 1.165) is 22.4 Å². The highest BCUT2D eigenvalue weighted by molar-refractivity contribution is 7.79. The first kappa shape index (κ1) is 13.1. The molecule has 1 nitrogen and oxygen atoms in total. The molecule has 0 radical (unpaired) electrons. The maximum atomic E-state index is 9.21. The minimum Gasteiger partial charge on any atom is -0.192 e. The van der Waals surface area contributed by atoms with Gasteiger partial charge in [0.2, 0.25) is 0 Å². The van der Waals surface area contributed by atoms with Gasteiger partial charge in [0.25, 0.3) is 0 Å². The molecule has 0 aliphatic rings. The zero-order chi connectivity index (χ0) is 13.0. The van der Waals surface area contributed by atoms with Crippen LogP contribution in [0.3, 0.4) is 0 Å². The van der Waals surface area contributed by atoms with Crippen LogP contribution >= 0.6 is 25.3 Å². The highest BCUT2D eigenvalue weighted by Crippen LogP contribution is 2.25. The summed E-state index contributed by atoms with van der Waals surface area (Å²) in [5.74, 6) is 1.37. The Morgan fingerprint density at radius 2 is 1.50 bits per heavy atom. The van der Waals surface area contributed by atoms with Crippen molar-refractivity contribution in [3.63, 3.8) is 0 Å². The highest BCUT2D eigenvalue weighted by Gasteiger charge is 2.05. The third-order valence-electron chi connectivity index (χ3n) is 2.83. The second-order valence-corrected chi connectivity index (χ2v) is 4.64. The molecule has 2 aromatic carbocycles. The van der Waals surface area contributed by atoms with E-state index < -0.39 is 0 Å². The summed E-state index contributed by atoms with van der Waals surface area (Å²) in [6, 6.07) is 16.3. The molecule has 0 amide bonds. The van der Waals surface area contributed by atoms with Crippen molar-refractivity contribution >= 4 is 25.3 Å². The lowest BCUT2D eigenvalue weighted by Crippen LogP contribution is -1.88. The second-order valence-electron chi connectivity index (χ2n) is 4.00. The maximum absolute atomic E-state index is 9.21.